The Morgan fingerprint density at radius 1 is 1.50 bits per heavy atom. The fraction of sp³-hybridized carbons (Fsp3) is 0.500. The average molecular weight is 330 g/mol. The van der Waals surface area contributed by atoms with Crippen LogP contribution in [0, 0.1) is 6.92 Å². The highest BCUT2D eigenvalue weighted by atomic mass is 79.9. The van der Waals surface area contributed by atoms with Gasteiger partial charge in [-0.1, -0.05) is 15.9 Å². The molecule has 2 heterocycles. The van der Waals surface area contributed by atoms with Crippen molar-refractivity contribution in [3.63, 3.8) is 0 Å². The second-order valence-corrected chi connectivity index (χ2v) is 6.40. The maximum absolute atomic E-state index is 5.13. The molecule has 2 aromatic rings. The molecule has 0 saturated carbocycles. The number of nitrogens with zero attached hydrogens (tertiary/aromatic N) is 3. The summed E-state index contributed by atoms with van der Waals surface area (Å²) in [5, 5.41) is 2.12. The van der Waals surface area contributed by atoms with Crippen LogP contribution < -0.4 is 4.90 Å². The number of rotatable bonds is 5. The van der Waals surface area contributed by atoms with Gasteiger partial charge in [-0.15, -0.1) is 11.3 Å². The van der Waals surface area contributed by atoms with E-state index in [9.17, 15) is 0 Å². The van der Waals surface area contributed by atoms with Crippen LogP contribution in [0.2, 0.25) is 0 Å². The molecule has 0 N–H and O–H groups in total. The molecule has 0 aromatic carbocycles. The average Bonchev–Trinajstić information content (AvgIpc) is 2.71. The molecule has 0 aliphatic carbocycles. The van der Waals surface area contributed by atoms with Crippen LogP contribution in [0.5, 0.6) is 0 Å². The minimum Gasteiger partial charge on any atom is -0.383 e. The standard InChI is InChI=1S/C12H16BrN3OS/c1-8-6-18-11-10(8)14-7-15-12(11)16(2)4-9(13)5-17-3/h6-7,9H,4-5H2,1-3H3. The SMILES string of the molecule is COCC(Br)CN(C)c1ncnc2c(C)csc12. The van der Waals surface area contributed by atoms with Gasteiger partial charge in [0.05, 0.1) is 21.7 Å². The monoisotopic (exact) mass is 329 g/mol. The Morgan fingerprint density at radius 3 is 3.00 bits per heavy atom. The Balaban J connectivity index is 2.25. The first-order valence-electron chi connectivity index (χ1n) is 5.66. The van der Waals surface area contributed by atoms with Gasteiger partial charge in [-0.25, -0.2) is 9.97 Å². The number of alkyl halides is 1. The van der Waals surface area contributed by atoms with Crippen molar-refractivity contribution < 1.29 is 4.74 Å². The normalized spacial score (nSPS) is 12.9. The van der Waals surface area contributed by atoms with Crippen molar-refractivity contribution in [1.29, 1.82) is 0 Å². The molecule has 0 aliphatic heterocycles. The molecule has 0 fully saturated rings. The molecule has 0 bridgehead atoms. The summed E-state index contributed by atoms with van der Waals surface area (Å²) in [5.74, 6) is 0.985. The van der Waals surface area contributed by atoms with E-state index >= 15 is 0 Å². The third-order valence-electron chi connectivity index (χ3n) is 2.69. The van der Waals surface area contributed by atoms with Crippen molar-refractivity contribution in [2.75, 3.05) is 32.2 Å². The summed E-state index contributed by atoms with van der Waals surface area (Å²) in [6.07, 6.45) is 1.63. The fourth-order valence-electron chi connectivity index (χ4n) is 1.85. The van der Waals surface area contributed by atoms with Crippen molar-refractivity contribution in [3.05, 3.63) is 17.3 Å². The van der Waals surface area contributed by atoms with Gasteiger partial charge < -0.3 is 9.64 Å². The zero-order valence-corrected chi connectivity index (χ0v) is 13.1. The van der Waals surface area contributed by atoms with E-state index in [0.29, 0.717) is 11.4 Å². The van der Waals surface area contributed by atoms with Gasteiger partial charge in [0.2, 0.25) is 0 Å². The van der Waals surface area contributed by atoms with E-state index in [1.807, 2.05) is 7.05 Å². The number of hydrogen-bond donors (Lipinski definition) is 0. The number of fused-ring (bicyclic) bond motifs is 1. The summed E-state index contributed by atoms with van der Waals surface area (Å²) in [7, 11) is 3.75. The molecule has 18 heavy (non-hydrogen) atoms. The number of hydrogen-bond acceptors (Lipinski definition) is 5. The van der Waals surface area contributed by atoms with Gasteiger partial charge in [-0.05, 0) is 17.9 Å². The van der Waals surface area contributed by atoms with E-state index in [4.69, 9.17) is 4.74 Å². The molecule has 2 rings (SSSR count). The quantitative estimate of drug-likeness (QED) is 0.790. The summed E-state index contributed by atoms with van der Waals surface area (Å²) >= 11 is 5.29. The predicted molar refractivity (Wildman–Crippen MR) is 80.0 cm³/mol. The zero-order chi connectivity index (χ0) is 13.1. The maximum Gasteiger partial charge on any atom is 0.149 e. The Labute approximate surface area is 119 Å². The summed E-state index contributed by atoms with van der Waals surface area (Å²) < 4.78 is 6.28. The number of halogens is 1. The number of thiophene rings is 1. The number of aromatic nitrogens is 2. The van der Waals surface area contributed by atoms with Gasteiger partial charge in [0.15, 0.2) is 0 Å². The first-order valence-corrected chi connectivity index (χ1v) is 7.46. The Hall–Kier alpha value is -0.720. The molecular formula is C12H16BrN3OS. The van der Waals surface area contributed by atoms with E-state index in [1.54, 1.807) is 24.8 Å². The van der Waals surface area contributed by atoms with E-state index in [-0.39, 0.29) is 0 Å². The van der Waals surface area contributed by atoms with E-state index in [0.717, 1.165) is 22.6 Å². The van der Waals surface area contributed by atoms with Crippen LogP contribution in [0.1, 0.15) is 5.56 Å². The Kier molecular flexibility index (Phi) is 4.53. The highest BCUT2D eigenvalue weighted by molar-refractivity contribution is 9.09. The van der Waals surface area contributed by atoms with E-state index < -0.39 is 0 Å². The molecular weight excluding hydrogens is 314 g/mol. The maximum atomic E-state index is 5.13. The Bertz CT molecular complexity index is 531. The predicted octanol–water partition coefficient (Wildman–Crippen LogP) is 2.85. The van der Waals surface area contributed by atoms with E-state index in [1.165, 1.54) is 5.56 Å². The molecule has 1 unspecified atom stereocenters. The van der Waals surface area contributed by atoms with Crippen LogP contribution >= 0.6 is 27.3 Å². The lowest BCUT2D eigenvalue weighted by Crippen LogP contribution is -2.28. The summed E-state index contributed by atoms with van der Waals surface area (Å²) in [6, 6.07) is 0. The lowest BCUT2D eigenvalue weighted by atomic mass is 10.3. The minimum absolute atomic E-state index is 0.290. The van der Waals surface area contributed by atoms with Crippen LogP contribution in [0.4, 0.5) is 5.82 Å². The summed E-state index contributed by atoms with van der Waals surface area (Å²) in [4.78, 5) is 11.2. The molecule has 2 aromatic heterocycles. The number of ether oxygens (including phenoxy) is 1. The molecule has 1 atom stereocenters. The first-order chi connectivity index (χ1) is 8.63. The van der Waals surface area contributed by atoms with Gasteiger partial charge in [0.1, 0.15) is 12.1 Å². The van der Waals surface area contributed by atoms with Crippen LogP contribution in [-0.4, -0.2) is 42.1 Å². The van der Waals surface area contributed by atoms with Crippen molar-refractivity contribution >= 4 is 43.3 Å². The first kappa shape index (κ1) is 13.7. The van der Waals surface area contributed by atoms with Gasteiger partial charge in [-0.2, -0.15) is 0 Å². The van der Waals surface area contributed by atoms with Crippen LogP contribution in [0.15, 0.2) is 11.7 Å². The van der Waals surface area contributed by atoms with Crippen molar-refractivity contribution in [3.8, 4) is 0 Å². The molecule has 0 aliphatic rings. The largest absolute Gasteiger partial charge is 0.383 e. The van der Waals surface area contributed by atoms with Gasteiger partial charge in [0, 0.05) is 20.7 Å². The molecule has 6 heteroatoms. The molecule has 0 spiro atoms. The van der Waals surface area contributed by atoms with Crippen LogP contribution in [-0.2, 0) is 4.74 Å². The topological polar surface area (TPSA) is 38.2 Å². The highest BCUT2D eigenvalue weighted by Gasteiger charge is 2.14. The summed E-state index contributed by atoms with van der Waals surface area (Å²) in [5.41, 5.74) is 2.26. The molecule has 0 amide bonds. The van der Waals surface area contributed by atoms with Gasteiger partial charge in [-0.3, -0.25) is 0 Å². The lowest BCUT2D eigenvalue weighted by molar-refractivity contribution is 0.201. The third kappa shape index (κ3) is 2.81. The molecule has 4 nitrogen and oxygen atoms in total. The van der Waals surface area contributed by atoms with Crippen molar-refractivity contribution in [2.24, 2.45) is 0 Å². The van der Waals surface area contributed by atoms with Crippen molar-refractivity contribution in [2.45, 2.75) is 11.8 Å². The summed E-state index contributed by atoms with van der Waals surface area (Å²) in [6.45, 7) is 3.60. The van der Waals surface area contributed by atoms with Gasteiger partial charge in [0.25, 0.3) is 0 Å². The smallest absolute Gasteiger partial charge is 0.149 e. The molecule has 0 radical (unpaired) electrons. The fourth-order valence-corrected chi connectivity index (χ4v) is 3.59. The number of methoxy groups -OCH3 is 1. The molecule has 98 valence electrons. The number of anilines is 1. The lowest BCUT2D eigenvalue weighted by Gasteiger charge is -2.21. The Morgan fingerprint density at radius 2 is 2.28 bits per heavy atom. The molecule has 0 saturated heterocycles. The van der Waals surface area contributed by atoms with E-state index in [2.05, 4.69) is 43.1 Å². The minimum atomic E-state index is 0.290. The highest BCUT2D eigenvalue weighted by Crippen LogP contribution is 2.30. The van der Waals surface area contributed by atoms with Gasteiger partial charge >= 0.3 is 0 Å². The number of aryl methyl sites for hydroxylation is 1. The zero-order valence-electron chi connectivity index (χ0n) is 10.7. The van der Waals surface area contributed by atoms with Crippen LogP contribution in [0.3, 0.4) is 0 Å². The second-order valence-electron chi connectivity index (χ2n) is 4.23. The van der Waals surface area contributed by atoms with Crippen molar-refractivity contribution in [1.82, 2.24) is 9.97 Å². The van der Waals surface area contributed by atoms with Crippen LogP contribution in [0.25, 0.3) is 10.2 Å². The second kappa shape index (κ2) is 5.95. The third-order valence-corrected chi connectivity index (χ3v) is 4.33.